The first kappa shape index (κ1) is 25.5. The summed E-state index contributed by atoms with van der Waals surface area (Å²) in [5, 5.41) is 18.5. The normalized spacial score (nSPS) is 14.5. The zero-order valence-electron chi connectivity index (χ0n) is 21.3. The number of phenols is 1. The SMILES string of the molecule is CCOc1ccc(C2c3c(-c4cc(Cl)ccc4O)n[nH]c3C(=O)N2Cc2ccc(OC)cc2)cc1OCC. The number of H-pyrrole nitrogens is 1. The van der Waals surface area contributed by atoms with Crippen LogP contribution in [0.4, 0.5) is 0 Å². The highest BCUT2D eigenvalue weighted by Crippen LogP contribution is 2.47. The lowest BCUT2D eigenvalue weighted by molar-refractivity contribution is 0.0729. The fourth-order valence-corrected chi connectivity index (χ4v) is 4.95. The average molecular weight is 534 g/mol. The predicted molar refractivity (Wildman–Crippen MR) is 144 cm³/mol. The molecule has 1 atom stereocenters. The topological polar surface area (TPSA) is 96.9 Å². The minimum Gasteiger partial charge on any atom is -0.507 e. The van der Waals surface area contributed by atoms with E-state index in [0.717, 1.165) is 16.9 Å². The van der Waals surface area contributed by atoms with E-state index in [-0.39, 0.29) is 11.7 Å². The van der Waals surface area contributed by atoms with E-state index in [4.69, 9.17) is 25.8 Å². The minimum absolute atomic E-state index is 0.0187. The number of methoxy groups -OCH3 is 1. The van der Waals surface area contributed by atoms with Crippen LogP contribution in [-0.4, -0.2) is 46.4 Å². The summed E-state index contributed by atoms with van der Waals surface area (Å²) >= 11 is 6.26. The summed E-state index contributed by atoms with van der Waals surface area (Å²) in [5.74, 6) is 1.77. The van der Waals surface area contributed by atoms with Gasteiger partial charge in [-0.25, -0.2) is 0 Å². The Kier molecular flexibility index (Phi) is 7.15. The van der Waals surface area contributed by atoms with Crippen LogP contribution in [0.2, 0.25) is 5.02 Å². The highest BCUT2D eigenvalue weighted by Gasteiger charge is 2.43. The smallest absolute Gasteiger partial charge is 0.273 e. The number of ether oxygens (including phenoxy) is 3. The molecule has 2 heterocycles. The molecule has 196 valence electrons. The van der Waals surface area contributed by atoms with Crippen LogP contribution < -0.4 is 14.2 Å². The lowest BCUT2D eigenvalue weighted by atomic mass is 9.95. The highest BCUT2D eigenvalue weighted by atomic mass is 35.5. The van der Waals surface area contributed by atoms with Crippen LogP contribution in [0.25, 0.3) is 11.3 Å². The molecule has 1 aliphatic rings. The first-order valence-electron chi connectivity index (χ1n) is 12.4. The Labute approximate surface area is 225 Å². The second-order valence-electron chi connectivity index (χ2n) is 8.78. The van der Waals surface area contributed by atoms with Gasteiger partial charge in [-0.3, -0.25) is 9.89 Å². The maximum atomic E-state index is 13.8. The number of carbonyl (C=O) groups excluding carboxylic acids is 1. The summed E-state index contributed by atoms with van der Waals surface area (Å²) in [6.07, 6.45) is 0. The molecular formula is C29H28ClN3O5. The second-order valence-corrected chi connectivity index (χ2v) is 9.21. The molecular weight excluding hydrogens is 506 g/mol. The molecule has 5 rings (SSSR count). The van der Waals surface area contributed by atoms with Gasteiger partial charge in [-0.15, -0.1) is 0 Å². The molecule has 8 nitrogen and oxygen atoms in total. The van der Waals surface area contributed by atoms with Crippen molar-refractivity contribution in [2.24, 2.45) is 0 Å². The van der Waals surface area contributed by atoms with Crippen molar-refractivity contribution >= 4 is 17.5 Å². The Hall–Kier alpha value is -4.17. The molecule has 9 heteroatoms. The molecule has 2 N–H and O–H groups in total. The van der Waals surface area contributed by atoms with Crippen molar-refractivity contribution in [1.29, 1.82) is 0 Å². The summed E-state index contributed by atoms with van der Waals surface area (Å²) in [4.78, 5) is 15.5. The van der Waals surface area contributed by atoms with Crippen LogP contribution >= 0.6 is 11.6 Å². The Morgan fingerprint density at radius 3 is 2.45 bits per heavy atom. The summed E-state index contributed by atoms with van der Waals surface area (Å²) in [7, 11) is 1.61. The van der Waals surface area contributed by atoms with Crippen LogP contribution in [-0.2, 0) is 6.54 Å². The fraction of sp³-hybridized carbons (Fsp3) is 0.241. The van der Waals surface area contributed by atoms with Gasteiger partial charge in [-0.05, 0) is 67.4 Å². The van der Waals surface area contributed by atoms with E-state index < -0.39 is 6.04 Å². The number of aromatic nitrogens is 2. The highest BCUT2D eigenvalue weighted by molar-refractivity contribution is 6.31. The molecule has 1 aromatic heterocycles. The van der Waals surface area contributed by atoms with Gasteiger partial charge in [0.05, 0.1) is 26.4 Å². The number of rotatable bonds is 9. The van der Waals surface area contributed by atoms with Crippen molar-refractivity contribution < 1.29 is 24.1 Å². The molecule has 0 bridgehead atoms. The van der Waals surface area contributed by atoms with Gasteiger partial charge in [0, 0.05) is 22.7 Å². The molecule has 1 unspecified atom stereocenters. The second kappa shape index (κ2) is 10.7. The zero-order valence-corrected chi connectivity index (χ0v) is 22.1. The molecule has 0 aliphatic carbocycles. The number of carbonyl (C=O) groups is 1. The Morgan fingerprint density at radius 1 is 1.00 bits per heavy atom. The van der Waals surface area contributed by atoms with E-state index in [1.165, 1.54) is 6.07 Å². The van der Waals surface area contributed by atoms with E-state index in [1.807, 2.05) is 56.3 Å². The van der Waals surface area contributed by atoms with Gasteiger partial charge in [0.25, 0.3) is 5.91 Å². The number of benzene rings is 3. The molecule has 1 aliphatic heterocycles. The van der Waals surface area contributed by atoms with Crippen molar-refractivity contribution in [1.82, 2.24) is 15.1 Å². The first-order chi connectivity index (χ1) is 18.4. The Morgan fingerprint density at radius 2 is 1.74 bits per heavy atom. The van der Waals surface area contributed by atoms with Crippen LogP contribution in [0.15, 0.2) is 60.7 Å². The standard InChI is InChI=1S/C29H28ClN3O5/c1-4-37-23-13-8-18(14-24(23)38-5-2)28-25-26(21-15-19(30)9-12-22(21)34)31-32-27(25)29(35)33(28)16-17-6-10-20(36-3)11-7-17/h6-15,28,34H,4-5,16H2,1-3H3,(H,31,32). The third kappa shape index (κ3) is 4.63. The lowest BCUT2D eigenvalue weighted by Gasteiger charge is -2.27. The quantitative estimate of drug-likeness (QED) is 0.274. The molecule has 38 heavy (non-hydrogen) atoms. The summed E-state index contributed by atoms with van der Waals surface area (Å²) in [6.45, 7) is 5.12. The van der Waals surface area contributed by atoms with E-state index in [9.17, 15) is 9.90 Å². The van der Waals surface area contributed by atoms with Gasteiger partial charge in [-0.1, -0.05) is 29.8 Å². The predicted octanol–water partition coefficient (Wildman–Crippen LogP) is 5.99. The van der Waals surface area contributed by atoms with Crippen molar-refractivity contribution in [3.8, 4) is 34.3 Å². The van der Waals surface area contributed by atoms with Gasteiger partial charge < -0.3 is 24.2 Å². The number of aromatic amines is 1. The van der Waals surface area contributed by atoms with Crippen molar-refractivity contribution in [2.45, 2.75) is 26.4 Å². The van der Waals surface area contributed by atoms with Gasteiger partial charge in [0.2, 0.25) is 0 Å². The molecule has 0 saturated carbocycles. The van der Waals surface area contributed by atoms with Crippen molar-refractivity contribution in [3.63, 3.8) is 0 Å². The maximum absolute atomic E-state index is 13.8. The number of aromatic hydroxyl groups is 1. The monoisotopic (exact) mass is 533 g/mol. The molecule has 0 saturated heterocycles. The van der Waals surface area contributed by atoms with Crippen LogP contribution in [0, 0.1) is 0 Å². The van der Waals surface area contributed by atoms with E-state index in [2.05, 4.69) is 10.2 Å². The molecule has 0 fully saturated rings. The zero-order chi connectivity index (χ0) is 26.8. The third-order valence-corrected chi connectivity index (χ3v) is 6.71. The number of amides is 1. The fourth-order valence-electron chi connectivity index (χ4n) is 4.77. The van der Waals surface area contributed by atoms with Gasteiger partial charge in [-0.2, -0.15) is 5.10 Å². The van der Waals surface area contributed by atoms with Gasteiger partial charge in [0.1, 0.15) is 22.9 Å². The number of nitrogens with zero attached hydrogens (tertiary/aromatic N) is 2. The summed E-state index contributed by atoms with van der Waals surface area (Å²) in [5.41, 5.74) is 3.68. The first-order valence-corrected chi connectivity index (χ1v) is 12.7. The number of halogens is 1. The molecule has 1 amide bonds. The third-order valence-electron chi connectivity index (χ3n) is 6.47. The van der Waals surface area contributed by atoms with E-state index in [1.54, 1.807) is 24.1 Å². The minimum atomic E-state index is -0.512. The number of phenolic OH excluding ortho intramolecular Hbond substituents is 1. The van der Waals surface area contributed by atoms with E-state index in [0.29, 0.717) is 58.8 Å². The number of hydrogen-bond donors (Lipinski definition) is 2. The van der Waals surface area contributed by atoms with Crippen LogP contribution in [0.3, 0.4) is 0 Å². The Balaban J connectivity index is 1.66. The molecule has 3 aromatic carbocycles. The average Bonchev–Trinajstić information content (AvgIpc) is 3.46. The van der Waals surface area contributed by atoms with E-state index >= 15 is 0 Å². The Bertz CT molecular complexity index is 1470. The largest absolute Gasteiger partial charge is 0.507 e. The molecule has 0 spiro atoms. The summed E-state index contributed by atoms with van der Waals surface area (Å²) in [6, 6.07) is 17.5. The van der Waals surface area contributed by atoms with Crippen molar-refractivity contribution in [3.05, 3.63) is 88.1 Å². The molecule has 4 aromatic rings. The van der Waals surface area contributed by atoms with Gasteiger partial charge >= 0.3 is 0 Å². The number of nitrogens with one attached hydrogen (secondary N) is 1. The van der Waals surface area contributed by atoms with Crippen LogP contribution in [0.5, 0.6) is 23.0 Å². The van der Waals surface area contributed by atoms with Crippen LogP contribution in [0.1, 0.15) is 47.1 Å². The number of fused-ring (bicyclic) bond motifs is 1. The number of hydrogen-bond acceptors (Lipinski definition) is 6. The molecule has 0 radical (unpaired) electrons. The maximum Gasteiger partial charge on any atom is 0.273 e. The summed E-state index contributed by atoms with van der Waals surface area (Å²) < 4.78 is 16.9. The van der Waals surface area contributed by atoms with Gasteiger partial charge in [0.15, 0.2) is 11.5 Å². The van der Waals surface area contributed by atoms with Crippen molar-refractivity contribution in [2.75, 3.05) is 20.3 Å². The lowest BCUT2D eigenvalue weighted by Crippen LogP contribution is -2.29.